The van der Waals surface area contributed by atoms with Gasteiger partial charge in [-0.05, 0) is 37.3 Å². The summed E-state index contributed by atoms with van der Waals surface area (Å²) >= 11 is 0. The molecule has 0 bridgehead atoms. The smallest absolute Gasteiger partial charge is 0.252 e. The van der Waals surface area contributed by atoms with Gasteiger partial charge in [0.15, 0.2) is 0 Å². The van der Waals surface area contributed by atoms with Crippen LogP contribution in [0.2, 0.25) is 0 Å². The van der Waals surface area contributed by atoms with Gasteiger partial charge in [0.05, 0.1) is 18.2 Å². The molecule has 2 N–H and O–H groups in total. The molecule has 0 spiro atoms. The number of amides is 1. The minimum absolute atomic E-state index is 0.0468. The van der Waals surface area contributed by atoms with Crippen LogP contribution in [0.1, 0.15) is 21.8 Å². The molecule has 134 valence electrons. The van der Waals surface area contributed by atoms with E-state index in [1.165, 1.54) is 25.3 Å². The highest BCUT2D eigenvalue weighted by atomic mass is 19.1. The molecule has 3 rings (SSSR count). The molecule has 0 saturated carbocycles. The number of ether oxygens (including phenoxy) is 2. The number of para-hydroxylation sites is 1. The predicted molar refractivity (Wildman–Crippen MR) is 92.5 cm³/mol. The molecule has 0 aliphatic heterocycles. The number of nitrogens with two attached hydrogens (primary N) is 1. The van der Waals surface area contributed by atoms with E-state index in [4.69, 9.17) is 19.6 Å². The van der Waals surface area contributed by atoms with Gasteiger partial charge in [0, 0.05) is 0 Å². The van der Waals surface area contributed by atoms with E-state index >= 15 is 0 Å². The summed E-state index contributed by atoms with van der Waals surface area (Å²) in [7, 11) is 1.49. The van der Waals surface area contributed by atoms with Crippen LogP contribution >= 0.6 is 0 Å². The van der Waals surface area contributed by atoms with Crippen LogP contribution in [0.25, 0.3) is 11.5 Å². The Hall–Kier alpha value is -3.35. The van der Waals surface area contributed by atoms with Crippen LogP contribution in [0.15, 0.2) is 46.9 Å². The van der Waals surface area contributed by atoms with Crippen molar-refractivity contribution in [1.82, 2.24) is 4.98 Å². The van der Waals surface area contributed by atoms with Crippen LogP contribution in [0.4, 0.5) is 4.39 Å². The Labute approximate surface area is 149 Å². The number of halogens is 1. The number of carbonyl (C=O) groups excluding carboxylic acids is 1. The van der Waals surface area contributed by atoms with Crippen molar-refractivity contribution in [3.05, 3.63) is 65.3 Å². The van der Waals surface area contributed by atoms with E-state index < -0.39 is 11.7 Å². The van der Waals surface area contributed by atoms with Crippen molar-refractivity contribution in [1.29, 1.82) is 0 Å². The Bertz CT molecular complexity index is 952. The number of methoxy groups -OCH3 is 1. The summed E-state index contributed by atoms with van der Waals surface area (Å²) in [6, 6.07) is 10.9. The number of nitrogens with zero attached hydrogens (tertiary/aromatic N) is 1. The van der Waals surface area contributed by atoms with E-state index in [-0.39, 0.29) is 23.6 Å². The molecule has 6 nitrogen and oxygen atoms in total. The molecule has 0 aliphatic carbocycles. The summed E-state index contributed by atoms with van der Waals surface area (Å²) < 4.78 is 30.4. The summed E-state index contributed by atoms with van der Waals surface area (Å²) in [4.78, 5) is 15.7. The van der Waals surface area contributed by atoms with Gasteiger partial charge in [-0.2, -0.15) is 0 Å². The average Bonchev–Trinajstić information content (AvgIpc) is 3.01. The second kappa shape index (κ2) is 7.26. The maximum atomic E-state index is 14.1. The SMILES string of the molecule is COc1ccc(F)c(-c2nc(COc3ccccc3C(N)=O)c(C)o2)c1. The fraction of sp³-hybridized carbons (Fsp3) is 0.158. The van der Waals surface area contributed by atoms with Gasteiger partial charge in [0.1, 0.15) is 35.4 Å². The molecule has 0 radical (unpaired) electrons. The van der Waals surface area contributed by atoms with Crippen LogP contribution in [0.5, 0.6) is 11.5 Å². The highest BCUT2D eigenvalue weighted by Gasteiger charge is 2.17. The van der Waals surface area contributed by atoms with Crippen LogP contribution < -0.4 is 15.2 Å². The number of rotatable bonds is 6. The molecule has 2 aromatic carbocycles. The molecular weight excluding hydrogens is 339 g/mol. The van der Waals surface area contributed by atoms with Gasteiger partial charge in [-0.3, -0.25) is 4.79 Å². The number of carbonyl (C=O) groups is 1. The molecule has 1 amide bonds. The molecule has 0 atom stereocenters. The maximum Gasteiger partial charge on any atom is 0.252 e. The summed E-state index contributed by atoms with van der Waals surface area (Å²) in [5.41, 5.74) is 6.28. The monoisotopic (exact) mass is 356 g/mol. The molecule has 26 heavy (non-hydrogen) atoms. The van der Waals surface area contributed by atoms with E-state index in [2.05, 4.69) is 4.98 Å². The topological polar surface area (TPSA) is 87.6 Å². The van der Waals surface area contributed by atoms with Gasteiger partial charge in [-0.15, -0.1) is 0 Å². The first-order valence-corrected chi connectivity index (χ1v) is 7.81. The van der Waals surface area contributed by atoms with Gasteiger partial charge in [0.25, 0.3) is 5.91 Å². The largest absolute Gasteiger partial charge is 0.497 e. The van der Waals surface area contributed by atoms with Gasteiger partial charge >= 0.3 is 0 Å². The molecule has 1 aromatic heterocycles. The van der Waals surface area contributed by atoms with E-state index in [1.54, 1.807) is 31.2 Å². The van der Waals surface area contributed by atoms with Crippen LogP contribution in [-0.4, -0.2) is 18.0 Å². The zero-order valence-corrected chi connectivity index (χ0v) is 14.3. The van der Waals surface area contributed by atoms with Crippen LogP contribution in [-0.2, 0) is 6.61 Å². The third kappa shape index (κ3) is 3.51. The number of hydrogen-bond donors (Lipinski definition) is 1. The van der Waals surface area contributed by atoms with Crippen LogP contribution in [0, 0.1) is 12.7 Å². The summed E-state index contributed by atoms with van der Waals surface area (Å²) in [5.74, 6) is 0.386. The third-order valence-corrected chi connectivity index (χ3v) is 3.81. The van der Waals surface area contributed by atoms with E-state index in [9.17, 15) is 9.18 Å². The molecule has 1 heterocycles. The van der Waals surface area contributed by atoms with Crippen LogP contribution in [0.3, 0.4) is 0 Å². The standard InChI is InChI=1S/C19H17FN2O4/c1-11-16(10-25-17-6-4-3-5-13(17)18(21)23)22-19(26-11)14-9-12(24-2)7-8-15(14)20/h3-9H,10H2,1-2H3,(H2,21,23). The first kappa shape index (κ1) is 17.5. The van der Waals surface area contributed by atoms with E-state index in [1.807, 2.05) is 0 Å². The highest BCUT2D eigenvalue weighted by molar-refractivity contribution is 5.95. The number of aryl methyl sites for hydroxylation is 1. The Morgan fingerprint density at radius 2 is 2.04 bits per heavy atom. The molecule has 0 aliphatic rings. The normalized spacial score (nSPS) is 10.6. The zero-order valence-electron chi connectivity index (χ0n) is 14.3. The predicted octanol–water partition coefficient (Wildman–Crippen LogP) is 3.48. The second-order valence-electron chi connectivity index (χ2n) is 5.52. The van der Waals surface area contributed by atoms with Crippen molar-refractivity contribution in [3.8, 4) is 23.0 Å². The molecule has 7 heteroatoms. The van der Waals surface area contributed by atoms with Gasteiger partial charge in [0.2, 0.25) is 5.89 Å². The quantitative estimate of drug-likeness (QED) is 0.731. The first-order valence-electron chi connectivity index (χ1n) is 7.81. The Morgan fingerprint density at radius 3 is 2.77 bits per heavy atom. The number of aromatic nitrogens is 1. The lowest BCUT2D eigenvalue weighted by Gasteiger charge is -2.07. The van der Waals surface area contributed by atoms with Crippen molar-refractivity contribution in [2.75, 3.05) is 7.11 Å². The first-order chi connectivity index (χ1) is 12.5. The molecule has 0 unspecified atom stereocenters. The lowest BCUT2D eigenvalue weighted by molar-refractivity contribution is 0.0996. The molecule has 0 fully saturated rings. The van der Waals surface area contributed by atoms with Crippen molar-refractivity contribution < 1.29 is 23.1 Å². The number of oxazole rings is 1. The van der Waals surface area contributed by atoms with E-state index in [0.717, 1.165) is 0 Å². The summed E-state index contributed by atoms with van der Waals surface area (Å²) in [6.45, 7) is 1.75. The third-order valence-electron chi connectivity index (χ3n) is 3.81. The summed E-state index contributed by atoms with van der Waals surface area (Å²) in [5, 5.41) is 0. The minimum atomic E-state index is -0.586. The van der Waals surface area contributed by atoms with E-state index in [0.29, 0.717) is 23.0 Å². The Kier molecular flexibility index (Phi) is 4.88. The van der Waals surface area contributed by atoms with Gasteiger partial charge in [-0.25, -0.2) is 9.37 Å². The lowest BCUT2D eigenvalue weighted by Crippen LogP contribution is -2.13. The van der Waals surface area contributed by atoms with Crippen molar-refractivity contribution in [2.24, 2.45) is 5.73 Å². The summed E-state index contributed by atoms with van der Waals surface area (Å²) in [6.07, 6.45) is 0. The number of benzene rings is 2. The second-order valence-corrected chi connectivity index (χ2v) is 5.52. The molecule has 0 saturated heterocycles. The fourth-order valence-corrected chi connectivity index (χ4v) is 2.41. The zero-order chi connectivity index (χ0) is 18.7. The minimum Gasteiger partial charge on any atom is -0.497 e. The maximum absolute atomic E-state index is 14.1. The number of primary amides is 1. The average molecular weight is 356 g/mol. The highest BCUT2D eigenvalue weighted by Crippen LogP contribution is 2.28. The van der Waals surface area contributed by atoms with Gasteiger partial charge < -0.3 is 19.6 Å². The van der Waals surface area contributed by atoms with Crippen molar-refractivity contribution >= 4 is 5.91 Å². The fourth-order valence-electron chi connectivity index (χ4n) is 2.41. The lowest BCUT2D eigenvalue weighted by atomic mass is 10.2. The van der Waals surface area contributed by atoms with Crippen molar-refractivity contribution in [2.45, 2.75) is 13.5 Å². The van der Waals surface area contributed by atoms with Crippen molar-refractivity contribution in [3.63, 3.8) is 0 Å². The Balaban J connectivity index is 1.85. The van der Waals surface area contributed by atoms with Gasteiger partial charge in [-0.1, -0.05) is 12.1 Å². The Morgan fingerprint density at radius 1 is 1.27 bits per heavy atom. The number of hydrogen-bond acceptors (Lipinski definition) is 5. The molecular formula is C19H17FN2O4. The molecule has 3 aromatic rings.